The van der Waals surface area contributed by atoms with Crippen molar-refractivity contribution in [3.8, 4) is 0 Å². The van der Waals surface area contributed by atoms with E-state index in [1.54, 1.807) is 0 Å². The molecule has 0 N–H and O–H groups in total. The van der Waals surface area contributed by atoms with Gasteiger partial charge in [0.2, 0.25) is 0 Å². The molecule has 1 nitrogen and oxygen atoms in total. The summed E-state index contributed by atoms with van der Waals surface area (Å²) in [7, 11) is 0. The van der Waals surface area contributed by atoms with Crippen molar-refractivity contribution in [2.24, 2.45) is 40.4 Å². The summed E-state index contributed by atoms with van der Waals surface area (Å²) in [6.07, 6.45) is 14.1. The summed E-state index contributed by atoms with van der Waals surface area (Å²) >= 11 is 0. The van der Waals surface area contributed by atoms with Gasteiger partial charge in [-0.25, -0.2) is 0 Å². The third-order valence-electron chi connectivity index (χ3n) is 9.07. The molecule has 1 heteroatoms. The molecule has 4 fully saturated rings. The zero-order valence-corrected chi connectivity index (χ0v) is 16.9. The molecule has 0 saturated heterocycles. The van der Waals surface area contributed by atoms with Crippen LogP contribution < -0.4 is 0 Å². The predicted octanol–water partition coefficient (Wildman–Crippen LogP) is 6.65. The first-order valence-electron chi connectivity index (χ1n) is 11.0. The lowest BCUT2D eigenvalue weighted by Crippen LogP contribution is -2.53. The molecule has 0 aliphatic heterocycles. The van der Waals surface area contributed by atoms with Crippen LogP contribution >= 0.6 is 0 Å². The fourth-order valence-electron chi connectivity index (χ4n) is 7.96. The average molecular weight is 333 g/mol. The van der Waals surface area contributed by atoms with Gasteiger partial charge in [0.25, 0.3) is 0 Å². The number of Topliss-reactive ketones (excluding diaryl/α,β-unsaturated/α-hetero) is 1. The van der Waals surface area contributed by atoms with E-state index < -0.39 is 0 Å². The Balaban J connectivity index is 0.000000815. The van der Waals surface area contributed by atoms with E-state index in [2.05, 4.69) is 13.8 Å². The third kappa shape index (κ3) is 2.60. The van der Waals surface area contributed by atoms with Crippen molar-refractivity contribution in [2.45, 2.75) is 98.8 Å². The Labute approximate surface area is 150 Å². The maximum absolute atomic E-state index is 12.2. The summed E-state index contributed by atoms with van der Waals surface area (Å²) in [5.74, 6) is 4.60. The molecule has 0 aromatic rings. The largest absolute Gasteiger partial charge is 0.300 e. The normalized spacial score (nSPS) is 50.0. The van der Waals surface area contributed by atoms with Crippen molar-refractivity contribution in [1.82, 2.24) is 0 Å². The minimum Gasteiger partial charge on any atom is -0.300 e. The SMILES string of the molecule is CC.CC(=O)C1CCC2C3CCC4CCCCC4(C)C3CCC12C. The second kappa shape index (κ2) is 6.76. The Morgan fingerprint density at radius 1 is 0.792 bits per heavy atom. The summed E-state index contributed by atoms with van der Waals surface area (Å²) < 4.78 is 0. The maximum atomic E-state index is 12.2. The first kappa shape index (κ1) is 18.5. The molecule has 0 amide bonds. The molecule has 0 aromatic carbocycles. The van der Waals surface area contributed by atoms with Gasteiger partial charge >= 0.3 is 0 Å². The van der Waals surface area contributed by atoms with E-state index in [1.165, 1.54) is 64.2 Å². The molecule has 4 saturated carbocycles. The number of fused-ring (bicyclic) bond motifs is 5. The lowest BCUT2D eigenvalue weighted by Gasteiger charge is -2.60. The summed E-state index contributed by atoms with van der Waals surface area (Å²) in [5, 5.41) is 0. The molecule has 138 valence electrons. The molecule has 0 spiro atoms. The van der Waals surface area contributed by atoms with Crippen LogP contribution in [0.5, 0.6) is 0 Å². The zero-order valence-electron chi connectivity index (χ0n) is 16.9. The molecule has 7 atom stereocenters. The number of carbonyl (C=O) groups excluding carboxylic acids is 1. The minimum atomic E-state index is 0.338. The summed E-state index contributed by atoms with van der Waals surface area (Å²) in [6, 6.07) is 0. The third-order valence-corrected chi connectivity index (χ3v) is 9.07. The van der Waals surface area contributed by atoms with Crippen LogP contribution in [0.3, 0.4) is 0 Å². The Morgan fingerprint density at radius 2 is 1.50 bits per heavy atom. The van der Waals surface area contributed by atoms with Crippen molar-refractivity contribution in [3.63, 3.8) is 0 Å². The van der Waals surface area contributed by atoms with Crippen molar-refractivity contribution in [1.29, 1.82) is 0 Å². The zero-order chi connectivity index (χ0) is 17.5. The van der Waals surface area contributed by atoms with E-state index in [1.807, 2.05) is 20.8 Å². The number of hydrogen-bond acceptors (Lipinski definition) is 1. The first-order valence-corrected chi connectivity index (χ1v) is 11.0. The molecule has 24 heavy (non-hydrogen) atoms. The van der Waals surface area contributed by atoms with Crippen LogP contribution in [0.4, 0.5) is 0 Å². The van der Waals surface area contributed by atoms with E-state index in [9.17, 15) is 4.79 Å². The highest BCUT2D eigenvalue weighted by atomic mass is 16.1. The number of hydrogen-bond donors (Lipinski definition) is 0. The molecule has 0 heterocycles. The smallest absolute Gasteiger partial charge is 0.133 e. The van der Waals surface area contributed by atoms with Gasteiger partial charge in [-0.15, -0.1) is 0 Å². The van der Waals surface area contributed by atoms with Crippen LogP contribution in [-0.4, -0.2) is 5.78 Å². The molecule has 4 rings (SSSR count). The van der Waals surface area contributed by atoms with Gasteiger partial charge in [0.15, 0.2) is 0 Å². The van der Waals surface area contributed by atoms with Crippen molar-refractivity contribution < 1.29 is 4.79 Å². The van der Waals surface area contributed by atoms with Gasteiger partial charge in [0.1, 0.15) is 5.78 Å². The second-order valence-electron chi connectivity index (χ2n) is 9.69. The summed E-state index contributed by atoms with van der Waals surface area (Å²) in [6.45, 7) is 11.0. The molecular weight excluding hydrogens is 292 g/mol. The van der Waals surface area contributed by atoms with Gasteiger partial charge in [-0.05, 0) is 92.8 Å². The van der Waals surface area contributed by atoms with E-state index in [-0.39, 0.29) is 0 Å². The molecule has 0 radical (unpaired) electrons. The minimum absolute atomic E-state index is 0.338. The van der Waals surface area contributed by atoms with Crippen molar-refractivity contribution in [2.75, 3.05) is 0 Å². The molecule has 0 bridgehead atoms. The second-order valence-corrected chi connectivity index (χ2v) is 9.69. The Kier molecular flexibility index (Phi) is 5.20. The van der Waals surface area contributed by atoms with Crippen LogP contribution in [0.25, 0.3) is 0 Å². The molecule has 0 aromatic heterocycles. The molecular formula is C23H40O. The first-order chi connectivity index (χ1) is 11.5. The van der Waals surface area contributed by atoms with Crippen molar-refractivity contribution >= 4 is 5.78 Å². The summed E-state index contributed by atoms with van der Waals surface area (Å²) in [4.78, 5) is 12.2. The lowest BCUT2D eigenvalue weighted by molar-refractivity contribution is -0.133. The molecule has 4 aliphatic carbocycles. The van der Waals surface area contributed by atoms with Crippen LogP contribution in [0, 0.1) is 40.4 Å². The monoisotopic (exact) mass is 332 g/mol. The molecule has 7 unspecified atom stereocenters. The average Bonchev–Trinajstić information content (AvgIpc) is 2.93. The molecule has 4 aliphatic rings. The van der Waals surface area contributed by atoms with Gasteiger partial charge < -0.3 is 0 Å². The van der Waals surface area contributed by atoms with Crippen LogP contribution in [-0.2, 0) is 4.79 Å². The Bertz CT molecular complexity index is 469. The van der Waals surface area contributed by atoms with Gasteiger partial charge in [0, 0.05) is 5.92 Å². The number of carbonyl (C=O) groups is 1. The predicted molar refractivity (Wildman–Crippen MR) is 102 cm³/mol. The van der Waals surface area contributed by atoms with E-state index in [4.69, 9.17) is 0 Å². The number of ketones is 1. The number of rotatable bonds is 1. The highest BCUT2D eigenvalue weighted by molar-refractivity contribution is 5.79. The van der Waals surface area contributed by atoms with E-state index in [0.29, 0.717) is 22.5 Å². The lowest BCUT2D eigenvalue weighted by atomic mass is 9.45. The van der Waals surface area contributed by atoms with Crippen LogP contribution in [0.15, 0.2) is 0 Å². The van der Waals surface area contributed by atoms with Crippen LogP contribution in [0.1, 0.15) is 98.8 Å². The van der Waals surface area contributed by atoms with Gasteiger partial charge in [0.05, 0.1) is 0 Å². The van der Waals surface area contributed by atoms with Crippen LogP contribution in [0.2, 0.25) is 0 Å². The van der Waals surface area contributed by atoms with Gasteiger partial charge in [-0.1, -0.05) is 40.5 Å². The quantitative estimate of drug-likeness (QED) is 0.525. The fourth-order valence-corrected chi connectivity index (χ4v) is 7.96. The van der Waals surface area contributed by atoms with E-state index in [0.717, 1.165) is 23.7 Å². The topological polar surface area (TPSA) is 17.1 Å². The van der Waals surface area contributed by atoms with Gasteiger partial charge in [-0.2, -0.15) is 0 Å². The van der Waals surface area contributed by atoms with E-state index >= 15 is 0 Å². The maximum Gasteiger partial charge on any atom is 0.133 e. The highest BCUT2D eigenvalue weighted by Gasteiger charge is 2.60. The van der Waals surface area contributed by atoms with Crippen molar-refractivity contribution in [3.05, 3.63) is 0 Å². The Hall–Kier alpha value is -0.330. The summed E-state index contributed by atoms with van der Waals surface area (Å²) in [5.41, 5.74) is 0.974. The highest BCUT2D eigenvalue weighted by Crippen LogP contribution is 2.67. The fraction of sp³-hybridized carbons (Fsp3) is 0.957. The Morgan fingerprint density at radius 3 is 2.21 bits per heavy atom. The standard InChI is InChI=1S/C21H34O.C2H6/c1-14(22)17-9-10-18-16-8-7-15-6-4-5-12-20(15,2)19(16)11-13-21(17,18)3;1-2/h15-19H,4-13H2,1-3H3;1-2H3. The van der Waals surface area contributed by atoms with Gasteiger partial charge in [-0.3, -0.25) is 4.79 Å².